The minimum absolute atomic E-state index is 0.0814. The van der Waals surface area contributed by atoms with E-state index in [-0.39, 0.29) is 43.4 Å². The van der Waals surface area contributed by atoms with Gasteiger partial charge in [0.2, 0.25) is 5.91 Å². The second kappa shape index (κ2) is 12.5. The van der Waals surface area contributed by atoms with Gasteiger partial charge in [-0.05, 0) is 93.5 Å². The average molecular weight is 585 g/mol. The number of rotatable bonds is 10. The van der Waals surface area contributed by atoms with Crippen molar-refractivity contribution in [2.45, 2.75) is 60.3 Å². The van der Waals surface area contributed by atoms with Gasteiger partial charge in [0.05, 0.1) is 11.6 Å². The van der Waals surface area contributed by atoms with Gasteiger partial charge in [0.1, 0.15) is 0 Å². The van der Waals surface area contributed by atoms with E-state index in [9.17, 15) is 29.4 Å². The second-order valence-electron chi connectivity index (χ2n) is 10.7. The third-order valence-corrected chi connectivity index (χ3v) is 8.10. The number of hydrogen-bond donors (Lipinski definition) is 5. The van der Waals surface area contributed by atoms with Crippen molar-refractivity contribution in [2.75, 3.05) is 0 Å². The maximum Gasteiger partial charge on any atom is 0.303 e. The maximum atomic E-state index is 12.3. The van der Waals surface area contributed by atoms with Crippen molar-refractivity contribution in [2.24, 2.45) is 10.9 Å². The number of carbonyl (C=O) groups excluding carboxylic acids is 2. The van der Waals surface area contributed by atoms with Crippen LogP contribution in [0.4, 0.5) is 0 Å². The molecule has 0 radical (unpaired) electrons. The van der Waals surface area contributed by atoms with Crippen molar-refractivity contribution < 1.29 is 29.4 Å². The molecule has 1 fully saturated rings. The normalized spacial score (nSPS) is 19.7. The largest absolute Gasteiger partial charge is 0.481 e. The van der Waals surface area contributed by atoms with E-state index in [0.717, 1.165) is 33.5 Å². The van der Waals surface area contributed by atoms with Crippen LogP contribution in [-0.4, -0.2) is 49.6 Å². The summed E-state index contributed by atoms with van der Waals surface area (Å²) in [5.41, 5.74) is 7.82. The van der Waals surface area contributed by atoms with Crippen LogP contribution in [0.25, 0.3) is 18.2 Å². The van der Waals surface area contributed by atoms with Gasteiger partial charge in [-0.2, -0.15) is 0 Å². The van der Waals surface area contributed by atoms with Crippen molar-refractivity contribution in [3.63, 3.8) is 0 Å². The molecule has 2 aliphatic heterocycles. The van der Waals surface area contributed by atoms with Crippen LogP contribution in [0, 0.1) is 19.8 Å². The molecule has 5 N–H and O–H groups in total. The lowest BCUT2D eigenvalue weighted by atomic mass is 10.00. The Bertz CT molecular complexity index is 1810. The number of nitrogens with one attached hydrogen (secondary N) is 3. The monoisotopic (exact) mass is 584 g/mol. The molecular weight excluding hydrogens is 548 g/mol. The molecule has 43 heavy (non-hydrogen) atoms. The first-order chi connectivity index (χ1) is 20.4. The molecule has 0 saturated carbocycles. The van der Waals surface area contributed by atoms with Crippen LogP contribution in [0.5, 0.6) is 0 Å². The lowest BCUT2D eigenvalue weighted by Crippen LogP contribution is -2.16. The molecule has 0 aliphatic carbocycles. The standard InChI is InChI=1S/C33H36N4O6/c1-7-20-18(5)32(42)36-26(20)13-24-16(3)22(9-11-30(38)39)28(34-24)15-29-23(10-12-31(40)41)17(4)25(35-29)14-27-21(8-2)19(6)33(43)37-27/h7-8,13-15,19,34-35H,1,9-12H2,2-6H3,(H,37,43)(H,38,39)(H,40,41)/b21-8-,24-13+,27-14-,28-15-/t19-/m0/s1. The topological polar surface area (TPSA) is 165 Å². The number of aromatic nitrogens is 2. The number of carbonyl (C=O) groups is 4. The van der Waals surface area contributed by atoms with Gasteiger partial charge < -0.3 is 25.5 Å². The van der Waals surface area contributed by atoms with Crippen LogP contribution < -0.4 is 16.0 Å². The lowest BCUT2D eigenvalue weighted by Gasteiger charge is -2.03. The highest BCUT2D eigenvalue weighted by atomic mass is 16.4. The van der Waals surface area contributed by atoms with Gasteiger partial charge in [0, 0.05) is 51.8 Å². The van der Waals surface area contributed by atoms with Crippen molar-refractivity contribution in [1.29, 1.82) is 0 Å². The minimum Gasteiger partial charge on any atom is -0.481 e. The van der Waals surface area contributed by atoms with Gasteiger partial charge in [-0.25, -0.2) is 4.99 Å². The summed E-state index contributed by atoms with van der Waals surface area (Å²) in [5.74, 6) is -2.56. The van der Waals surface area contributed by atoms with Gasteiger partial charge in [0.15, 0.2) is 0 Å². The number of hydrogen-bond acceptors (Lipinski definition) is 4. The van der Waals surface area contributed by atoms with Crippen molar-refractivity contribution >= 4 is 47.7 Å². The molecule has 0 bridgehead atoms. The number of nitrogens with zero attached hydrogens (tertiary/aromatic N) is 1. The maximum absolute atomic E-state index is 12.3. The van der Waals surface area contributed by atoms with Crippen LogP contribution in [0.15, 0.2) is 46.1 Å². The van der Waals surface area contributed by atoms with E-state index < -0.39 is 11.9 Å². The molecule has 1 saturated heterocycles. The number of allylic oxidation sites excluding steroid dienone is 4. The van der Waals surface area contributed by atoms with Crippen molar-refractivity contribution in [3.8, 4) is 0 Å². The number of carboxylic acid groups (broad SMARTS) is 2. The van der Waals surface area contributed by atoms with Crippen LogP contribution in [-0.2, 0) is 32.0 Å². The molecule has 10 nitrogen and oxygen atoms in total. The second-order valence-corrected chi connectivity index (χ2v) is 10.7. The molecule has 2 aliphatic rings. The summed E-state index contributed by atoms with van der Waals surface area (Å²) < 4.78 is 0. The highest BCUT2D eigenvalue weighted by Gasteiger charge is 2.29. The Morgan fingerprint density at radius 1 is 0.907 bits per heavy atom. The lowest BCUT2D eigenvalue weighted by molar-refractivity contribution is -0.138. The first-order valence-electron chi connectivity index (χ1n) is 14.1. The summed E-state index contributed by atoms with van der Waals surface area (Å²) in [7, 11) is 0. The quantitative estimate of drug-likeness (QED) is 0.288. The van der Waals surface area contributed by atoms with Crippen molar-refractivity contribution in [1.82, 2.24) is 15.3 Å². The van der Waals surface area contributed by atoms with Gasteiger partial charge in [-0.3, -0.25) is 19.2 Å². The van der Waals surface area contributed by atoms with E-state index in [2.05, 4.69) is 26.9 Å². The number of amides is 2. The molecule has 0 aromatic carbocycles. The Balaban J connectivity index is 1.92. The molecule has 4 heterocycles. The van der Waals surface area contributed by atoms with Gasteiger partial charge in [0.25, 0.3) is 5.91 Å². The average Bonchev–Trinajstić information content (AvgIpc) is 3.59. The van der Waals surface area contributed by atoms with Crippen LogP contribution in [0.3, 0.4) is 0 Å². The Morgan fingerprint density at radius 2 is 1.56 bits per heavy atom. The molecule has 4 rings (SSSR count). The number of aromatic amines is 2. The molecule has 0 spiro atoms. The summed E-state index contributed by atoms with van der Waals surface area (Å²) in [6, 6.07) is 0. The summed E-state index contributed by atoms with van der Waals surface area (Å²) in [4.78, 5) is 58.5. The van der Waals surface area contributed by atoms with E-state index >= 15 is 0 Å². The highest BCUT2D eigenvalue weighted by Crippen LogP contribution is 2.29. The van der Waals surface area contributed by atoms with Crippen LogP contribution >= 0.6 is 0 Å². The number of aliphatic imine (C=N–C) groups is 1. The Morgan fingerprint density at radius 3 is 2.16 bits per heavy atom. The molecule has 0 unspecified atom stereocenters. The number of aliphatic carboxylic acids is 2. The van der Waals surface area contributed by atoms with Gasteiger partial charge in [-0.1, -0.05) is 18.7 Å². The van der Waals surface area contributed by atoms with Crippen LogP contribution in [0.2, 0.25) is 0 Å². The van der Waals surface area contributed by atoms with E-state index in [4.69, 9.17) is 0 Å². The zero-order chi connectivity index (χ0) is 31.6. The minimum atomic E-state index is -0.935. The van der Waals surface area contributed by atoms with E-state index in [1.807, 2.05) is 45.9 Å². The van der Waals surface area contributed by atoms with E-state index in [0.29, 0.717) is 38.9 Å². The SMILES string of the molecule is C=CC1=C(C)C(=O)N=C1/C=c1/[nH]/c(=C\c2[nH]c(/C=C3\NC(=O)[C@@H](C)\C3=C\C)c(C)c2CCC(=O)O)c(CCC(=O)O)c1C. The fourth-order valence-electron chi connectivity index (χ4n) is 5.57. The molecule has 2 aromatic rings. The Kier molecular flexibility index (Phi) is 8.99. The Labute approximate surface area is 249 Å². The van der Waals surface area contributed by atoms with Gasteiger partial charge in [-0.15, -0.1) is 0 Å². The third kappa shape index (κ3) is 6.28. The molecule has 224 valence electrons. The summed E-state index contributed by atoms with van der Waals surface area (Å²) >= 11 is 0. The predicted molar refractivity (Wildman–Crippen MR) is 165 cm³/mol. The molecule has 1 atom stereocenters. The molecule has 2 amide bonds. The molecule has 2 aromatic heterocycles. The molecular formula is C33H36N4O6. The first kappa shape index (κ1) is 31.0. The molecule has 10 heteroatoms. The zero-order valence-corrected chi connectivity index (χ0v) is 25.0. The third-order valence-electron chi connectivity index (χ3n) is 8.10. The number of H-pyrrole nitrogens is 2. The van der Waals surface area contributed by atoms with Gasteiger partial charge >= 0.3 is 11.9 Å². The highest BCUT2D eigenvalue weighted by molar-refractivity contribution is 6.32. The predicted octanol–water partition coefficient (Wildman–Crippen LogP) is 3.14. The van der Waals surface area contributed by atoms with E-state index in [1.165, 1.54) is 0 Å². The zero-order valence-electron chi connectivity index (χ0n) is 25.0. The summed E-state index contributed by atoms with van der Waals surface area (Å²) in [6.07, 6.45) is 9.31. The fraction of sp³-hybridized carbons (Fsp3) is 0.303. The van der Waals surface area contributed by atoms with Crippen LogP contribution in [0.1, 0.15) is 67.3 Å². The first-order valence-corrected chi connectivity index (χ1v) is 14.1. The smallest absolute Gasteiger partial charge is 0.303 e. The number of carboxylic acids is 2. The summed E-state index contributed by atoms with van der Waals surface area (Å²) in [6.45, 7) is 13.0. The Hall–Kier alpha value is -4.99. The van der Waals surface area contributed by atoms with Crippen molar-refractivity contribution in [3.05, 3.63) is 85.5 Å². The fourth-order valence-corrected chi connectivity index (χ4v) is 5.57. The summed E-state index contributed by atoms with van der Waals surface area (Å²) in [5, 5.41) is 23.1. The van der Waals surface area contributed by atoms with E-state index in [1.54, 1.807) is 19.1 Å².